The Kier molecular flexibility index (Phi) is 6.67. The maximum atomic E-state index is 12.8. The number of rotatable bonds is 5. The van der Waals surface area contributed by atoms with Crippen LogP contribution in [-0.4, -0.2) is 35.7 Å². The lowest BCUT2D eigenvalue weighted by atomic mass is 10.1. The third-order valence-corrected chi connectivity index (χ3v) is 4.76. The fourth-order valence-corrected chi connectivity index (χ4v) is 3.29. The summed E-state index contributed by atoms with van der Waals surface area (Å²) >= 11 is 6.07. The van der Waals surface area contributed by atoms with Gasteiger partial charge in [0.15, 0.2) is 0 Å². The first-order chi connectivity index (χ1) is 13.9. The molecule has 1 aliphatic heterocycles. The van der Waals surface area contributed by atoms with Crippen LogP contribution in [0.1, 0.15) is 35.7 Å². The first-order valence-electron chi connectivity index (χ1n) is 9.38. The van der Waals surface area contributed by atoms with Crippen molar-refractivity contribution in [3.05, 3.63) is 64.7 Å². The highest BCUT2D eigenvalue weighted by atomic mass is 35.5. The Bertz CT molecular complexity index is 948. The molecule has 1 heterocycles. The molecular formula is C22H22ClN3O3. The Hall–Kier alpha value is -3.12. The van der Waals surface area contributed by atoms with E-state index in [0.717, 1.165) is 18.4 Å². The van der Waals surface area contributed by atoms with E-state index in [1.54, 1.807) is 53.4 Å². The lowest BCUT2D eigenvalue weighted by Crippen LogP contribution is -2.28. The van der Waals surface area contributed by atoms with Crippen molar-refractivity contribution in [2.45, 2.75) is 19.8 Å². The van der Waals surface area contributed by atoms with E-state index in [4.69, 9.17) is 11.6 Å². The Labute approximate surface area is 174 Å². The van der Waals surface area contributed by atoms with Gasteiger partial charge in [0.2, 0.25) is 11.8 Å². The predicted molar refractivity (Wildman–Crippen MR) is 115 cm³/mol. The van der Waals surface area contributed by atoms with Gasteiger partial charge in [0, 0.05) is 36.8 Å². The number of halogens is 1. The molecule has 3 rings (SSSR count). The van der Waals surface area contributed by atoms with E-state index in [-0.39, 0.29) is 17.7 Å². The largest absolute Gasteiger partial charge is 0.339 e. The van der Waals surface area contributed by atoms with Crippen LogP contribution in [0.15, 0.2) is 48.5 Å². The SMILES string of the molecule is CC(=O)Nc1ccc(/C=C/C(=O)Nc2ccc(Cl)cc2C(=O)N2CCCC2)cc1. The number of carbonyl (C=O) groups is 3. The van der Waals surface area contributed by atoms with Crippen LogP contribution in [0.25, 0.3) is 6.08 Å². The smallest absolute Gasteiger partial charge is 0.256 e. The lowest BCUT2D eigenvalue weighted by molar-refractivity contribution is -0.114. The van der Waals surface area contributed by atoms with Crippen molar-refractivity contribution in [3.63, 3.8) is 0 Å². The van der Waals surface area contributed by atoms with Gasteiger partial charge in [-0.15, -0.1) is 0 Å². The number of likely N-dealkylation sites (tertiary alicyclic amines) is 1. The summed E-state index contributed by atoms with van der Waals surface area (Å²) in [4.78, 5) is 37.9. The Morgan fingerprint density at radius 2 is 1.69 bits per heavy atom. The van der Waals surface area contributed by atoms with Gasteiger partial charge in [0.1, 0.15) is 0 Å². The monoisotopic (exact) mass is 411 g/mol. The van der Waals surface area contributed by atoms with Gasteiger partial charge in [-0.05, 0) is 54.8 Å². The number of amides is 3. The van der Waals surface area contributed by atoms with Crippen LogP contribution in [0.3, 0.4) is 0 Å². The number of hydrogen-bond donors (Lipinski definition) is 2. The molecule has 7 heteroatoms. The van der Waals surface area contributed by atoms with E-state index in [2.05, 4.69) is 10.6 Å². The van der Waals surface area contributed by atoms with Crippen molar-refractivity contribution >= 4 is 46.8 Å². The molecule has 29 heavy (non-hydrogen) atoms. The summed E-state index contributed by atoms with van der Waals surface area (Å²) in [5.41, 5.74) is 2.31. The van der Waals surface area contributed by atoms with Crippen LogP contribution in [-0.2, 0) is 9.59 Å². The predicted octanol–water partition coefficient (Wildman–Crippen LogP) is 4.19. The second-order valence-corrected chi connectivity index (χ2v) is 7.25. The first kappa shape index (κ1) is 20.6. The summed E-state index contributed by atoms with van der Waals surface area (Å²) in [5, 5.41) is 5.89. The fraction of sp³-hybridized carbons (Fsp3) is 0.227. The molecule has 0 saturated carbocycles. The molecule has 2 aromatic rings. The van der Waals surface area contributed by atoms with Crippen molar-refractivity contribution < 1.29 is 14.4 Å². The minimum absolute atomic E-state index is 0.127. The quantitative estimate of drug-likeness (QED) is 0.724. The summed E-state index contributed by atoms with van der Waals surface area (Å²) in [6.45, 7) is 2.87. The molecule has 1 saturated heterocycles. The minimum atomic E-state index is -0.353. The average molecular weight is 412 g/mol. The molecule has 1 aliphatic rings. The van der Waals surface area contributed by atoms with Crippen molar-refractivity contribution in [1.82, 2.24) is 4.90 Å². The summed E-state index contributed by atoms with van der Waals surface area (Å²) in [7, 11) is 0. The molecule has 0 aromatic heterocycles. The maximum absolute atomic E-state index is 12.8. The molecular weight excluding hydrogens is 390 g/mol. The molecule has 150 valence electrons. The van der Waals surface area contributed by atoms with Crippen LogP contribution in [0.5, 0.6) is 0 Å². The fourth-order valence-electron chi connectivity index (χ4n) is 3.12. The van der Waals surface area contributed by atoms with Gasteiger partial charge in [-0.3, -0.25) is 14.4 Å². The molecule has 0 aliphatic carbocycles. The molecule has 0 bridgehead atoms. The van der Waals surface area contributed by atoms with Gasteiger partial charge in [-0.1, -0.05) is 23.7 Å². The highest BCUT2D eigenvalue weighted by Crippen LogP contribution is 2.24. The van der Waals surface area contributed by atoms with E-state index < -0.39 is 0 Å². The summed E-state index contributed by atoms with van der Waals surface area (Å²) < 4.78 is 0. The molecule has 0 atom stereocenters. The number of hydrogen-bond acceptors (Lipinski definition) is 3. The van der Waals surface area contributed by atoms with Gasteiger partial charge < -0.3 is 15.5 Å². The topological polar surface area (TPSA) is 78.5 Å². The third-order valence-electron chi connectivity index (χ3n) is 4.52. The standard InChI is InChI=1S/C22H22ClN3O3/c1-15(27)24-18-8-4-16(5-9-18)6-11-21(28)25-20-10-7-17(23)14-19(20)22(29)26-12-2-3-13-26/h4-11,14H,2-3,12-13H2,1H3,(H,24,27)(H,25,28)/b11-6+. The Morgan fingerprint density at radius 1 is 1.00 bits per heavy atom. The zero-order valence-electron chi connectivity index (χ0n) is 16.1. The van der Waals surface area contributed by atoms with Gasteiger partial charge in [0.05, 0.1) is 11.3 Å². The van der Waals surface area contributed by atoms with Gasteiger partial charge in [-0.2, -0.15) is 0 Å². The van der Waals surface area contributed by atoms with E-state index in [1.807, 2.05) is 0 Å². The van der Waals surface area contributed by atoms with E-state index >= 15 is 0 Å². The zero-order chi connectivity index (χ0) is 20.8. The molecule has 2 aromatic carbocycles. The Morgan fingerprint density at radius 3 is 2.34 bits per heavy atom. The first-order valence-corrected chi connectivity index (χ1v) is 9.76. The molecule has 1 fully saturated rings. The van der Waals surface area contributed by atoms with Crippen molar-refractivity contribution in [2.24, 2.45) is 0 Å². The van der Waals surface area contributed by atoms with E-state index in [9.17, 15) is 14.4 Å². The number of nitrogens with zero attached hydrogens (tertiary/aromatic N) is 1. The molecule has 2 N–H and O–H groups in total. The summed E-state index contributed by atoms with van der Waals surface area (Å²) in [6, 6.07) is 12.0. The average Bonchev–Trinajstić information content (AvgIpc) is 3.23. The van der Waals surface area contributed by atoms with Crippen molar-refractivity contribution in [2.75, 3.05) is 23.7 Å². The molecule has 6 nitrogen and oxygen atoms in total. The van der Waals surface area contributed by atoms with Crippen LogP contribution in [0.4, 0.5) is 11.4 Å². The van der Waals surface area contributed by atoms with Gasteiger partial charge >= 0.3 is 0 Å². The minimum Gasteiger partial charge on any atom is -0.339 e. The molecule has 0 radical (unpaired) electrons. The number of anilines is 2. The van der Waals surface area contributed by atoms with Gasteiger partial charge in [-0.25, -0.2) is 0 Å². The second kappa shape index (κ2) is 9.39. The lowest BCUT2D eigenvalue weighted by Gasteiger charge is -2.18. The van der Waals surface area contributed by atoms with Crippen molar-refractivity contribution in [3.8, 4) is 0 Å². The van der Waals surface area contributed by atoms with Crippen molar-refractivity contribution in [1.29, 1.82) is 0 Å². The van der Waals surface area contributed by atoms with Crippen LogP contribution in [0.2, 0.25) is 5.02 Å². The second-order valence-electron chi connectivity index (χ2n) is 6.81. The zero-order valence-corrected chi connectivity index (χ0v) is 16.8. The van der Waals surface area contributed by atoms with Crippen LogP contribution in [0, 0.1) is 0 Å². The number of nitrogens with one attached hydrogen (secondary N) is 2. The Balaban J connectivity index is 1.69. The molecule has 0 unspecified atom stereocenters. The maximum Gasteiger partial charge on any atom is 0.256 e. The van der Waals surface area contributed by atoms with E-state index in [1.165, 1.54) is 13.0 Å². The molecule has 0 spiro atoms. The van der Waals surface area contributed by atoms with Crippen LogP contribution >= 0.6 is 11.6 Å². The summed E-state index contributed by atoms with van der Waals surface area (Å²) in [5.74, 6) is -0.624. The third kappa shape index (κ3) is 5.68. The van der Waals surface area contributed by atoms with Crippen LogP contribution < -0.4 is 10.6 Å². The number of carbonyl (C=O) groups excluding carboxylic acids is 3. The summed E-state index contributed by atoms with van der Waals surface area (Å²) in [6.07, 6.45) is 5.02. The normalized spacial score (nSPS) is 13.5. The van der Waals surface area contributed by atoms with Gasteiger partial charge in [0.25, 0.3) is 5.91 Å². The highest BCUT2D eigenvalue weighted by molar-refractivity contribution is 6.31. The number of benzene rings is 2. The molecule has 3 amide bonds. The highest BCUT2D eigenvalue weighted by Gasteiger charge is 2.22. The van der Waals surface area contributed by atoms with E-state index in [0.29, 0.717) is 35.1 Å².